The summed E-state index contributed by atoms with van der Waals surface area (Å²) in [5.74, 6) is -0.00358. The average Bonchev–Trinajstić information content (AvgIpc) is 3.07. The number of piperidine rings is 1. The second-order valence-corrected chi connectivity index (χ2v) is 8.14. The maximum absolute atomic E-state index is 11.6. The van der Waals surface area contributed by atoms with Crippen molar-refractivity contribution in [2.45, 2.75) is 50.4 Å². The Morgan fingerprint density at radius 1 is 1.14 bits per heavy atom. The van der Waals surface area contributed by atoms with E-state index in [1.54, 1.807) is 0 Å². The quantitative estimate of drug-likeness (QED) is 0.746. The summed E-state index contributed by atoms with van der Waals surface area (Å²) in [5.41, 5.74) is 1.91. The molecule has 0 unspecified atom stereocenters. The molecule has 1 fully saturated rings. The zero-order valence-electron chi connectivity index (χ0n) is 16.3. The third-order valence-corrected chi connectivity index (χ3v) is 6.28. The Labute approximate surface area is 166 Å². The molecule has 3 N–H and O–H groups in total. The summed E-state index contributed by atoms with van der Waals surface area (Å²) in [5, 5.41) is 25.4. The zero-order valence-corrected chi connectivity index (χ0v) is 16.3. The summed E-state index contributed by atoms with van der Waals surface area (Å²) in [6.45, 7) is 3.23. The second-order valence-electron chi connectivity index (χ2n) is 8.14. The van der Waals surface area contributed by atoms with E-state index in [-0.39, 0.29) is 5.91 Å². The van der Waals surface area contributed by atoms with Crippen LogP contribution >= 0.6 is 0 Å². The largest absolute Gasteiger partial charge is 0.389 e. The number of anilines is 1. The third-order valence-electron chi connectivity index (χ3n) is 6.28. The smallest absolute Gasteiger partial charge is 0.228 e. The van der Waals surface area contributed by atoms with Crippen LogP contribution in [0.15, 0.2) is 48.5 Å². The van der Waals surface area contributed by atoms with E-state index in [9.17, 15) is 15.0 Å². The van der Waals surface area contributed by atoms with Gasteiger partial charge in [0.1, 0.15) is 5.72 Å². The molecule has 2 aromatic rings. The fraction of sp³-hybridized carbons (Fsp3) is 0.435. The Kier molecular flexibility index (Phi) is 5.00. The second kappa shape index (κ2) is 7.32. The first-order valence-electron chi connectivity index (χ1n) is 10.1. The Morgan fingerprint density at radius 3 is 2.54 bits per heavy atom. The van der Waals surface area contributed by atoms with Crippen molar-refractivity contribution in [3.63, 3.8) is 0 Å². The zero-order chi connectivity index (χ0) is 19.8. The lowest BCUT2D eigenvalue weighted by atomic mass is 9.83. The first-order chi connectivity index (χ1) is 13.4. The highest BCUT2D eigenvalue weighted by atomic mass is 16.3. The molecular formula is C23H28N2O3. The maximum atomic E-state index is 11.6. The summed E-state index contributed by atoms with van der Waals surface area (Å²) in [7, 11) is 0. The van der Waals surface area contributed by atoms with Gasteiger partial charge in [0.15, 0.2) is 0 Å². The highest BCUT2D eigenvalue weighted by molar-refractivity contribution is 5.99. The van der Waals surface area contributed by atoms with Crippen LogP contribution in [0.25, 0.3) is 0 Å². The SMILES string of the molecule is CC[C@](O)(c1ccc2c(c1)CC(=O)N2)N1CCC(O)(Cc2ccccc2)CC1. The van der Waals surface area contributed by atoms with Crippen molar-refractivity contribution in [3.05, 3.63) is 65.2 Å². The monoisotopic (exact) mass is 380 g/mol. The number of amides is 1. The molecule has 0 aromatic heterocycles. The molecule has 0 spiro atoms. The molecule has 1 saturated heterocycles. The Morgan fingerprint density at radius 2 is 1.86 bits per heavy atom. The van der Waals surface area contributed by atoms with Gasteiger partial charge in [-0.1, -0.05) is 43.3 Å². The number of nitrogens with zero attached hydrogens (tertiary/aromatic N) is 1. The highest BCUT2D eigenvalue weighted by Gasteiger charge is 2.41. The fourth-order valence-electron chi connectivity index (χ4n) is 4.53. The van der Waals surface area contributed by atoms with Gasteiger partial charge in [-0.2, -0.15) is 0 Å². The summed E-state index contributed by atoms with van der Waals surface area (Å²) in [6.07, 6.45) is 2.79. The Bertz CT molecular complexity index is 859. The summed E-state index contributed by atoms with van der Waals surface area (Å²) >= 11 is 0. The normalized spacial score (nSPS) is 21.0. The van der Waals surface area contributed by atoms with Crippen molar-refractivity contribution >= 4 is 11.6 Å². The van der Waals surface area contributed by atoms with Gasteiger partial charge in [0.05, 0.1) is 12.0 Å². The average molecular weight is 380 g/mol. The van der Waals surface area contributed by atoms with Gasteiger partial charge in [-0.25, -0.2) is 0 Å². The Balaban J connectivity index is 1.49. The minimum Gasteiger partial charge on any atom is -0.389 e. The molecule has 5 nitrogen and oxygen atoms in total. The molecule has 0 saturated carbocycles. The van der Waals surface area contributed by atoms with Gasteiger partial charge in [-0.05, 0) is 48.1 Å². The Hall–Kier alpha value is -2.21. The number of nitrogens with one attached hydrogen (secondary N) is 1. The molecule has 148 valence electrons. The van der Waals surface area contributed by atoms with Crippen LogP contribution in [0.4, 0.5) is 5.69 Å². The predicted octanol–water partition coefficient (Wildman–Crippen LogP) is 2.81. The number of likely N-dealkylation sites (tertiary alicyclic amines) is 1. The molecule has 2 aliphatic heterocycles. The third kappa shape index (κ3) is 3.58. The molecule has 4 rings (SSSR count). The van der Waals surface area contributed by atoms with Crippen LogP contribution in [0.5, 0.6) is 0 Å². The molecule has 0 aliphatic carbocycles. The molecule has 2 heterocycles. The van der Waals surface area contributed by atoms with E-state index in [1.165, 1.54) is 0 Å². The standard InChI is InChI=1S/C23H28N2O3/c1-2-23(28,19-8-9-20-18(14-19)15-21(26)24-20)25-12-10-22(27,11-13-25)16-17-6-4-3-5-7-17/h3-9,14,27-28H,2,10-13,15-16H2,1H3,(H,24,26)/t23-/m0/s1. The molecular weight excluding hydrogens is 352 g/mol. The predicted molar refractivity (Wildman–Crippen MR) is 109 cm³/mol. The van der Waals surface area contributed by atoms with Crippen molar-refractivity contribution in [2.24, 2.45) is 0 Å². The van der Waals surface area contributed by atoms with E-state index < -0.39 is 11.3 Å². The van der Waals surface area contributed by atoms with Gasteiger partial charge in [0.25, 0.3) is 0 Å². The topological polar surface area (TPSA) is 72.8 Å². The molecule has 2 aliphatic rings. The van der Waals surface area contributed by atoms with Gasteiger partial charge in [0.2, 0.25) is 5.91 Å². The fourth-order valence-corrected chi connectivity index (χ4v) is 4.53. The number of hydrogen-bond donors (Lipinski definition) is 3. The molecule has 5 heteroatoms. The number of carbonyl (C=O) groups is 1. The lowest BCUT2D eigenvalue weighted by Gasteiger charge is -2.46. The number of carbonyl (C=O) groups excluding carboxylic acids is 1. The van der Waals surface area contributed by atoms with Crippen LogP contribution in [-0.4, -0.2) is 39.7 Å². The first-order valence-corrected chi connectivity index (χ1v) is 10.1. The first kappa shape index (κ1) is 19.1. The molecule has 1 atom stereocenters. The highest BCUT2D eigenvalue weighted by Crippen LogP contribution is 2.37. The minimum absolute atomic E-state index is 0.00358. The number of rotatable bonds is 5. The molecule has 28 heavy (non-hydrogen) atoms. The van der Waals surface area contributed by atoms with Gasteiger partial charge >= 0.3 is 0 Å². The van der Waals surface area contributed by atoms with E-state index >= 15 is 0 Å². The number of benzene rings is 2. The van der Waals surface area contributed by atoms with Crippen LogP contribution in [-0.2, 0) is 23.4 Å². The van der Waals surface area contributed by atoms with Gasteiger partial charge in [-0.15, -0.1) is 0 Å². The van der Waals surface area contributed by atoms with E-state index in [4.69, 9.17) is 0 Å². The van der Waals surface area contributed by atoms with Crippen LogP contribution in [0, 0.1) is 0 Å². The lowest BCUT2D eigenvalue weighted by Crippen LogP contribution is -2.54. The van der Waals surface area contributed by atoms with Crippen LogP contribution < -0.4 is 5.32 Å². The number of fused-ring (bicyclic) bond motifs is 1. The van der Waals surface area contributed by atoms with Crippen molar-refractivity contribution in [3.8, 4) is 0 Å². The summed E-state index contributed by atoms with van der Waals surface area (Å²) in [6, 6.07) is 15.8. The van der Waals surface area contributed by atoms with Crippen molar-refractivity contribution in [1.82, 2.24) is 4.90 Å². The number of aliphatic hydroxyl groups is 2. The van der Waals surface area contributed by atoms with E-state index in [1.807, 2.05) is 55.5 Å². The van der Waals surface area contributed by atoms with Crippen LogP contribution in [0.3, 0.4) is 0 Å². The van der Waals surface area contributed by atoms with Crippen molar-refractivity contribution in [2.75, 3.05) is 18.4 Å². The molecule has 0 bridgehead atoms. The van der Waals surface area contributed by atoms with Crippen LogP contribution in [0.1, 0.15) is 42.9 Å². The lowest BCUT2D eigenvalue weighted by molar-refractivity contribution is -0.151. The summed E-state index contributed by atoms with van der Waals surface area (Å²) < 4.78 is 0. The number of hydrogen-bond acceptors (Lipinski definition) is 4. The maximum Gasteiger partial charge on any atom is 0.228 e. The summed E-state index contributed by atoms with van der Waals surface area (Å²) in [4.78, 5) is 13.7. The van der Waals surface area contributed by atoms with Gasteiger partial charge in [0, 0.05) is 25.2 Å². The molecule has 2 aromatic carbocycles. The molecule has 0 radical (unpaired) electrons. The van der Waals surface area contributed by atoms with Crippen LogP contribution in [0.2, 0.25) is 0 Å². The van der Waals surface area contributed by atoms with Crippen molar-refractivity contribution < 1.29 is 15.0 Å². The van der Waals surface area contributed by atoms with E-state index in [0.29, 0.717) is 45.2 Å². The minimum atomic E-state index is -1.09. The molecule has 1 amide bonds. The van der Waals surface area contributed by atoms with E-state index in [0.717, 1.165) is 22.4 Å². The van der Waals surface area contributed by atoms with Gasteiger partial charge in [-0.3, -0.25) is 9.69 Å². The van der Waals surface area contributed by atoms with E-state index in [2.05, 4.69) is 10.2 Å². The van der Waals surface area contributed by atoms with Crippen molar-refractivity contribution in [1.29, 1.82) is 0 Å². The van der Waals surface area contributed by atoms with Gasteiger partial charge < -0.3 is 15.5 Å².